The van der Waals surface area contributed by atoms with E-state index in [1.54, 1.807) is 13.3 Å². The van der Waals surface area contributed by atoms with Crippen LogP contribution in [0.15, 0.2) is 67.0 Å². The first kappa shape index (κ1) is 21.9. The van der Waals surface area contributed by atoms with E-state index in [4.69, 9.17) is 9.84 Å². The maximum Gasteiger partial charge on any atom is 0.225 e. The van der Waals surface area contributed by atoms with Gasteiger partial charge in [0.1, 0.15) is 11.3 Å². The molecule has 1 atom stereocenters. The first-order valence-corrected chi connectivity index (χ1v) is 11.7. The van der Waals surface area contributed by atoms with Gasteiger partial charge >= 0.3 is 0 Å². The standard InChI is InChI=1S/C27H29N5O2/c1-19-8-10-20(11-9-19)17-29-27(33)22-6-4-13-31(18-22)26-25-16-24(30-32(25)14-12-28-26)21-5-3-7-23(15-21)34-2/h3,5,7-12,14-16,22H,4,6,13,17-18H2,1-2H3,(H,29,33)/t22-/m1/s1. The smallest absolute Gasteiger partial charge is 0.225 e. The number of carbonyl (C=O) groups excluding carboxylic acids is 1. The monoisotopic (exact) mass is 455 g/mol. The number of anilines is 1. The van der Waals surface area contributed by atoms with Gasteiger partial charge < -0.3 is 15.0 Å². The van der Waals surface area contributed by atoms with E-state index in [1.165, 1.54) is 5.56 Å². The molecule has 2 aromatic carbocycles. The molecule has 1 amide bonds. The average molecular weight is 456 g/mol. The van der Waals surface area contributed by atoms with Gasteiger partial charge in [0.15, 0.2) is 5.82 Å². The highest BCUT2D eigenvalue weighted by Gasteiger charge is 2.27. The predicted molar refractivity (Wildman–Crippen MR) is 133 cm³/mol. The normalized spacial score (nSPS) is 15.9. The van der Waals surface area contributed by atoms with Crippen LogP contribution >= 0.6 is 0 Å². The van der Waals surface area contributed by atoms with Gasteiger partial charge in [0, 0.05) is 37.6 Å². The van der Waals surface area contributed by atoms with Gasteiger partial charge in [-0.25, -0.2) is 9.50 Å². The third-order valence-corrected chi connectivity index (χ3v) is 6.41. The molecule has 0 saturated carbocycles. The Balaban J connectivity index is 1.33. The number of nitrogens with zero attached hydrogens (tertiary/aromatic N) is 4. The van der Waals surface area contributed by atoms with E-state index in [2.05, 4.69) is 52.5 Å². The Hall–Kier alpha value is -3.87. The van der Waals surface area contributed by atoms with Crippen molar-refractivity contribution in [3.63, 3.8) is 0 Å². The second-order valence-electron chi connectivity index (χ2n) is 8.83. The fourth-order valence-corrected chi connectivity index (χ4v) is 4.50. The fraction of sp³-hybridized carbons (Fsp3) is 0.296. The minimum atomic E-state index is -0.0676. The molecule has 7 heteroatoms. The Bertz CT molecular complexity index is 1300. The Morgan fingerprint density at radius 1 is 1.18 bits per heavy atom. The quantitative estimate of drug-likeness (QED) is 0.471. The zero-order valence-electron chi connectivity index (χ0n) is 19.6. The molecule has 0 aliphatic carbocycles. The molecule has 5 rings (SSSR count). The molecular formula is C27H29N5O2. The molecule has 0 radical (unpaired) electrons. The third-order valence-electron chi connectivity index (χ3n) is 6.41. The first-order valence-electron chi connectivity index (χ1n) is 11.7. The van der Waals surface area contributed by atoms with E-state index in [9.17, 15) is 4.79 Å². The number of aromatic nitrogens is 3. The van der Waals surface area contributed by atoms with Gasteiger partial charge in [0.25, 0.3) is 0 Å². The number of piperidine rings is 1. The van der Waals surface area contributed by atoms with Crippen LogP contribution in [-0.4, -0.2) is 40.7 Å². The summed E-state index contributed by atoms with van der Waals surface area (Å²) in [6.07, 6.45) is 5.46. The van der Waals surface area contributed by atoms with Crippen molar-refractivity contribution in [2.24, 2.45) is 5.92 Å². The number of benzene rings is 2. The first-order chi connectivity index (χ1) is 16.6. The summed E-state index contributed by atoms with van der Waals surface area (Å²) < 4.78 is 7.22. The molecule has 1 saturated heterocycles. The second-order valence-corrected chi connectivity index (χ2v) is 8.83. The zero-order valence-corrected chi connectivity index (χ0v) is 19.6. The largest absolute Gasteiger partial charge is 0.497 e. The van der Waals surface area contributed by atoms with Gasteiger partial charge in [0.2, 0.25) is 5.91 Å². The van der Waals surface area contributed by atoms with Crippen LogP contribution < -0.4 is 15.0 Å². The summed E-state index contributed by atoms with van der Waals surface area (Å²) >= 11 is 0. The third kappa shape index (κ3) is 4.59. The molecule has 1 fully saturated rings. The van der Waals surface area contributed by atoms with Gasteiger partial charge in [-0.2, -0.15) is 5.10 Å². The second kappa shape index (κ2) is 9.55. The molecule has 4 aromatic rings. The van der Waals surface area contributed by atoms with Crippen molar-refractivity contribution < 1.29 is 9.53 Å². The average Bonchev–Trinajstić information content (AvgIpc) is 3.33. The predicted octanol–water partition coefficient (Wildman–Crippen LogP) is 4.25. The van der Waals surface area contributed by atoms with Gasteiger partial charge in [-0.3, -0.25) is 4.79 Å². The highest BCUT2D eigenvalue weighted by molar-refractivity contribution is 5.81. The molecule has 7 nitrogen and oxygen atoms in total. The van der Waals surface area contributed by atoms with Crippen LogP contribution in [0.5, 0.6) is 5.75 Å². The highest BCUT2D eigenvalue weighted by Crippen LogP contribution is 2.29. The molecule has 1 aliphatic rings. The van der Waals surface area contributed by atoms with E-state index in [0.29, 0.717) is 13.1 Å². The maximum absolute atomic E-state index is 12.9. The van der Waals surface area contributed by atoms with Crippen molar-refractivity contribution in [2.75, 3.05) is 25.1 Å². The van der Waals surface area contributed by atoms with Crippen LogP contribution in [0.4, 0.5) is 5.82 Å². The molecule has 2 aromatic heterocycles. The Labute approximate surface area is 199 Å². The number of aryl methyl sites for hydroxylation is 1. The van der Waals surface area contributed by atoms with Crippen LogP contribution in [0.3, 0.4) is 0 Å². The van der Waals surface area contributed by atoms with Crippen molar-refractivity contribution in [3.8, 4) is 17.0 Å². The summed E-state index contributed by atoms with van der Waals surface area (Å²) in [7, 11) is 1.66. The van der Waals surface area contributed by atoms with Crippen molar-refractivity contribution in [1.82, 2.24) is 19.9 Å². The number of hydrogen-bond donors (Lipinski definition) is 1. The van der Waals surface area contributed by atoms with E-state index < -0.39 is 0 Å². The Kier molecular flexibility index (Phi) is 6.16. The summed E-state index contributed by atoms with van der Waals surface area (Å²) in [4.78, 5) is 19.8. The van der Waals surface area contributed by atoms with E-state index in [1.807, 2.05) is 35.0 Å². The van der Waals surface area contributed by atoms with E-state index >= 15 is 0 Å². The van der Waals surface area contributed by atoms with Crippen LogP contribution in [0.1, 0.15) is 24.0 Å². The summed E-state index contributed by atoms with van der Waals surface area (Å²) in [5.41, 5.74) is 5.11. The zero-order chi connectivity index (χ0) is 23.5. The number of fused-ring (bicyclic) bond motifs is 1. The highest BCUT2D eigenvalue weighted by atomic mass is 16.5. The maximum atomic E-state index is 12.9. The molecular weight excluding hydrogens is 426 g/mol. The summed E-state index contributed by atoms with van der Waals surface area (Å²) in [5, 5.41) is 7.87. The molecule has 174 valence electrons. The number of ether oxygens (including phenoxy) is 1. The van der Waals surface area contributed by atoms with Crippen LogP contribution in [0.2, 0.25) is 0 Å². The molecule has 1 aliphatic heterocycles. The number of hydrogen-bond acceptors (Lipinski definition) is 5. The minimum Gasteiger partial charge on any atom is -0.497 e. The van der Waals surface area contributed by atoms with Crippen molar-refractivity contribution in [3.05, 3.63) is 78.1 Å². The van der Waals surface area contributed by atoms with E-state index in [-0.39, 0.29) is 11.8 Å². The van der Waals surface area contributed by atoms with Gasteiger partial charge in [-0.05, 0) is 43.5 Å². The number of rotatable bonds is 6. The van der Waals surface area contributed by atoms with Crippen molar-refractivity contribution in [1.29, 1.82) is 0 Å². The number of nitrogens with one attached hydrogen (secondary N) is 1. The van der Waals surface area contributed by atoms with Gasteiger partial charge in [0.05, 0.1) is 18.7 Å². The lowest BCUT2D eigenvalue weighted by Gasteiger charge is -2.33. The molecule has 3 heterocycles. The Morgan fingerprint density at radius 3 is 2.85 bits per heavy atom. The van der Waals surface area contributed by atoms with Gasteiger partial charge in [-0.1, -0.05) is 42.0 Å². The number of methoxy groups -OCH3 is 1. The molecule has 1 N–H and O–H groups in total. The van der Waals surface area contributed by atoms with Crippen LogP contribution in [0.25, 0.3) is 16.8 Å². The number of amides is 1. The SMILES string of the molecule is COc1cccc(-c2cc3c(N4CCC[C@@H](C(=O)NCc5ccc(C)cc5)C4)nccn3n2)c1. The van der Waals surface area contributed by atoms with Gasteiger partial charge in [-0.15, -0.1) is 0 Å². The lowest BCUT2D eigenvalue weighted by Crippen LogP contribution is -2.43. The molecule has 34 heavy (non-hydrogen) atoms. The molecule has 0 unspecified atom stereocenters. The molecule has 0 spiro atoms. The van der Waals surface area contributed by atoms with E-state index in [0.717, 1.165) is 53.3 Å². The van der Waals surface area contributed by atoms with Crippen molar-refractivity contribution in [2.45, 2.75) is 26.3 Å². The summed E-state index contributed by atoms with van der Waals surface area (Å²) in [5.74, 6) is 1.69. The minimum absolute atomic E-state index is 0.0676. The molecule has 0 bridgehead atoms. The van der Waals surface area contributed by atoms with Crippen LogP contribution in [-0.2, 0) is 11.3 Å². The number of carbonyl (C=O) groups is 1. The van der Waals surface area contributed by atoms with Crippen LogP contribution in [0, 0.1) is 12.8 Å². The topological polar surface area (TPSA) is 71.8 Å². The Morgan fingerprint density at radius 2 is 2.03 bits per heavy atom. The van der Waals surface area contributed by atoms with Crippen molar-refractivity contribution >= 4 is 17.2 Å². The summed E-state index contributed by atoms with van der Waals surface area (Å²) in [6, 6.07) is 18.2. The lowest BCUT2D eigenvalue weighted by molar-refractivity contribution is -0.125. The lowest BCUT2D eigenvalue weighted by atomic mass is 9.97. The summed E-state index contributed by atoms with van der Waals surface area (Å²) in [6.45, 7) is 4.13. The fourth-order valence-electron chi connectivity index (χ4n) is 4.50.